The van der Waals surface area contributed by atoms with Crippen LogP contribution in [0.4, 0.5) is 4.79 Å². The van der Waals surface area contributed by atoms with Crippen molar-refractivity contribution < 1.29 is 18.7 Å². The van der Waals surface area contributed by atoms with Gasteiger partial charge in [0.1, 0.15) is 5.60 Å². The number of amides is 1. The first-order chi connectivity index (χ1) is 19.7. The summed E-state index contributed by atoms with van der Waals surface area (Å²) in [4.78, 5) is 14.0. The molecule has 3 aromatic rings. The van der Waals surface area contributed by atoms with Gasteiger partial charge in [0.25, 0.3) is 8.32 Å². The average Bonchev–Trinajstić information content (AvgIpc) is 2.92. The Morgan fingerprint density at radius 2 is 1.43 bits per heavy atom. The van der Waals surface area contributed by atoms with E-state index in [0.29, 0.717) is 24.7 Å². The highest BCUT2D eigenvalue weighted by atomic mass is 35.5. The van der Waals surface area contributed by atoms with E-state index in [1.165, 1.54) is 15.3 Å². The monoisotopic (exact) mass is 631 g/mol. The highest BCUT2D eigenvalue weighted by molar-refractivity contribution is 6.99. The Labute approximate surface area is 261 Å². The summed E-state index contributed by atoms with van der Waals surface area (Å²) in [6.45, 7) is 15.0. The SMILES string of the molecule is Cc1c(Cl)nnc(Cl)c1CC(CO[Si](c1ccccc1)(c1ccccc1)C(C)(C)C)OCCN(C)C(=O)OC(C)(C)C. The normalized spacial score (nSPS) is 13.1. The highest BCUT2D eigenvalue weighted by Gasteiger charge is 2.50. The summed E-state index contributed by atoms with van der Waals surface area (Å²) in [5.74, 6) is 0. The topological polar surface area (TPSA) is 73.8 Å². The molecule has 228 valence electrons. The lowest BCUT2D eigenvalue weighted by atomic mass is 10.1. The third-order valence-electron chi connectivity index (χ3n) is 7.06. The maximum absolute atomic E-state index is 12.5. The molecule has 1 atom stereocenters. The van der Waals surface area contributed by atoms with Crippen molar-refractivity contribution in [2.75, 3.05) is 26.8 Å². The van der Waals surface area contributed by atoms with Gasteiger partial charge < -0.3 is 18.8 Å². The van der Waals surface area contributed by atoms with E-state index in [9.17, 15) is 4.79 Å². The van der Waals surface area contributed by atoms with Crippen molar-refractivity contribution in [1.29, 1.82) is 0 Å². The Kier molecular flexibility index (Phi) is 11.6. The fourth-order valence-corrected chi connectivity index (χ4v) is 9.90. The molecule has 0 fully saturated rings. The molecule has 0 aliphatic rings. The average molecular weight is 633 g/mol. The molecule has 0 radical (unpaired) electrons. The minimum absolute atomic E-state index is 0.202. The number of carbonyl (C=O) groups is 1. The Hall–Kier alpha value is -2.49. The van der Waals surface area contributed by atoms with Crippen LogP contribution in [0.15, 0.2) is 60.7 Å². The largest absolute Gasteiger partial charge is 0.444 e. The van der Waals surface area contributed by atoms with Gasteiger partial charge in [0.15, 0.2) is 10.3 Å². The molecule has 1 unspecified atom stereocenters. The van der Waals surface area contributed by atoms with Crippen LogP contribution >= 0.6 is 23.2 Å². The van der Waals surface area contributed by atoms with Crippen LogP contribution in [0.3, 0.4) is 0 Å². The number of rotatable bonds is 11. The minimum atomic E-state index is -2.82. The van der Waals surface area contributed by atoms with E-state index < -0.39 is 26.1 Å². The third kappa shape index (κ3) is 8.54. The minimum Gasteiger partial charge on any atom is -0.444 e. The number of hydrogen-bond donors (Lipinski definition) is 0. The van der Waals surface area contributed by atoms with Crippen molar-refractivity contribution in [1.82, 2.24) is 15.1 Å². The first-order valence-electron chi connectivity index (χ1n) is 14.1. The Bertz CT molecular complexity index is 1280. The lowest BCUT2D eigenvalue weighted by molar-refractivity contribution is -0.00162. The molecule has 0 bridgehead atoms. The molecule has 7 nitrogen and oxygen atoms in total. The number of ether oxygens (including phenoxy) is 2. The number of halogens is 2. The molecule has 10 heteroatoms. The lowest BCUT2D eigenvalue weighted by Crippen LogP contribution is -2.67. The summed E-state index contributed by atoms with van der Waals surface area (Å²) in [5.41, 5.74) is 0.926. The smallest absolute Gasteiger partial charge is 0.410 e. The van der Waals surface area contributed by atoms with Crippen LogP contribution in [0.2, 0.25) is 15.3 Å². The van der Waals surface area contributed by atoms with E-state index in [4.69, 9.17) is 37.1 Å². The van der Waals surface area contributed by atoms with E-state index in [-0.39, 0.29) is 16.8 Å². The molecule has 0 saturated heterocycles. The van der Waals surface area contributed by atoms with Gasteiger partial charge in [-0.2, -0.15) is 0 Å². The molecule has 1 heterocycles. The van der Waals surface area contributed by atoms with E-state index in [2.05, 4.69) is 79.5 Å². The van der Waals surface area contributed by atoms with Gasteiger partial charge in [-0.15, -0.1) is 10.2 Å². The summed E-state index contributed by atoms with van der Waals surface area (Å²) < 4.78 is 19.1. The van der Waals surface area contributed by atoms with Gasteiger partial charge >= 0.3 is 6.09 Å². The van der Waals surface area contributed by atoms with Gasteiger partial charge in [0.05, 0.1) is 19.3 Å². The fourth-order valence-electron chi connectivity index (χ4n) is 4.90. The second-order valence-electron chi connectivity index (χ2n) is 12.5. The van der Waals surface area contributed by atoms with Crippen molar-refractivity contribution in [3.8, 4) is 0 Å². The summed E-state index contributed by atoms with van der Waals surface area (Å²) in [5, 5.41) is 10.7. The molecule has 42 heavy (non-hydrogen) atoms. The predicted octanol–water partition coefficient (Wildman–Crippen LogP) is 6.46. The van der Waals surface area contributed by atoms with Crippen molar-refractivity contribution >= 4 is 48.0 Å². The van der Waals surface area contributed by atoms with Gasteiger partial charge in [-0.1, -0.05) is 105 Å². The van der Waals surface area contributed by atoms with E-state index in [0.717, 1.165) is 11.1 Å². The predicted molar refractivity (Wildman–Crippen MR) is 173 cm³/mol. The van der Waals surface area contributed by atoms with Crippen LogP contribution in [0.1, 0.15) is 52.7 Å². The van der Waals surface area contributed by atoms with E-state index in [1.54, 1.807) is 7.05 Å². The number of benzene rings is 2. The molecule has 0 N–H and O–H groups in total. The molecule has 0 aliphatic carbocycles. The molecular weight excluding hydrogens is 589 g/mol. The number of nitrogens with zero attached hydrogens (tertiary/aromatic N) is 3. The Morgan fingerprint density at radius 1 is 0.905 bits per heavy atom. The Morgan fingerprint density at radius 3 is 1.93 bits per heavy atom. The quantitative estimate of drug-likeness (QED) is 0.226. The molecule has 1 aromatic heterocycles. The summed E-state index contributed by atoms with van der Waals surface area (Å²) in [6, 6.07) is 20.9. The maximum atomic E-state index is 12.5. The van der Waals surface area contributed by atoms with Crippen molar-refractivity contribution in [2.45, 2.75) is 71.6 Å². The second kappa shape index (κ2) is 14.3. The molecule has 1 amide bonds. The van der Waals surface area contributed by atoms with Gasteiger partial charge in [-0.05, 0) is 48.7 Å². The Balaban J connectivity index is 1.94. The van der Waals surface area contributed by atoms with Gasteiger partial charge in [0, 0.05) is 25.6 Å². The van der Waals surface area contributed by atoms with E-state index >= 15 is 0 Å². The maximum Gasteiger partial charge on any atom is 0.410 e. The van der Waals surface area contributed by atoms with Crippen LogP contribution in [-0.4, -0.2) is 68.0 Å². The van der Waals surface area contributed by atoms with Gasteiger partial charge in [-0.3, -0.25) is 0 Å². The zero-order valence-electron chi connectivity index (χ0n) is 25.9. The summed E-state index contributed by atoms with van der Waals surface area (Å²) in [6.07, 6.45) is -0.403. The third-order valence-corrected chi connectivity index (χ3v) is 12.7. The van der Waals surface area contributed by atoms with Crippen molar-refractivity contribution in [3.05, 3.63) is 82.1 Å². The fraction of sp³-hybridized carbons (Fsp3) is 0.469. The van der Waals surface area contributed by atoms with Crippen LogP contribution in [0, 0.1) is 6.92 Å². The molecule has 0 saturated carbocycles. The molecule has 3 rings (SSSR count). The molecule has 2 aromatic carbocycles. The van der Waals surface area contributed by atoms with Gasteiger partial charge in [-0.25, -0.2) is 4.79 Å². The molecule has 0 aliphatic heterocycles. The summed E-state index contributed by atoms with van der Waals surface area (Å²) >= 11 is 12.8. The van der Waals surface area contributed by atoms with Crippen molar-refractivity contribution in [2.24, 2.45) is 0 Å². The zero-order chi connectivity index (χ0) is 31.1. The van der Waals surface area contributed by atoms with Crippen LogP contribution < -0.4 is 10.4 Å². The molecular formula is C32H43Cl2N3O4Si. The van der Waals surface area contributed by atoms with Crippen LogP contribution in [0.25, 0.3) is 0 Å². The van der Waals surface area contributed by atoms with Gasteiger partial charge in [0.2, 0.25) is 0 Å². The first kappa shape index (κ1) is 34.0. The zero-order valence-corrected chi connectivity index (χ0v) is 28.4. The number of aromatic nitrogens is 2. The first-order valence-corrected chi connectivity index (χ1v) is 16.8. The van der Waals surface area contributed by atoms with E-state index in [1.807, 2.05) is 39.8 Å². The highest BCUT2D eigenvalue weighted by Crippen LogP contribution is 2.37. The number of hydrogen-bond acceptors (Lipinski definition) is 6. The van der Waals surface area contributed by atoms with Crippen molar-refractivity contribution in [3.63, 3.8) is 0 Å². The molecule has 0 spiro atoms. The number of carbonyl (C=O) groups excluding carboxylic acids is 1. The second-order valence-corrected chi connectivity index (χ2v) is 17.5. The number of likely N-dealkylation sites (N-methyl/N-ethyl adjacent to an activating group) is 1. The van der Waals surface area contributed by atoms with Crippen LogP contribution in [0.5, 0.6) is 0 Å². The van der Waals surface area contributed by atoms with Crippen LogP contribution in [-0.2, 0) is 20.3 Å². The standard InChI is InChI=1S/C32H43Cl2N3O4Si/c1-23-27(29(34)36-35-28(23)33)21-24(39-20-19-37(8)30(38)41-31(2,3)4)22-40-42(32(5,6)7,25-15-11-9-12-16-25)26-17-13-10-14-18-26/h9-18,24H,19-22H2,1-8H3. The summed E-state index contributed by atoms with van der Waals surface area (Å²) in [7, 11) is -1.13. The lowest BCUT2D eigenvalue weighted by Gasteiger charge is -2.43.